The summed E-state index contributed by atoms with van der Waals surface area (Å²) in [5, 5.41) is 2.93. The molecular formula is C10H13BrO2S. The quantitative estimate of drug-likeness (QED) is 0.454. The van der Waals surface area contributed by atoms with Crippen molar-refractivity contribution in [2.24, 2.45) is 0 Å². The summed E-state index contributed by atoms with van der Waals surface area (Å²) in [6.45, 7) is 0.538. The lowest BCUT2D eigenvalue weighted by molar-refractivity contribution is -0.142. The van der Waals surface area contributed by atoms with Crippen molar-refractivity contribution in [1.82, 2.24) is 0 Å². The third-order valence-electron chi connectivity index (χ3n) is 1.69. The highest BCUT2D eigenvalue weighted by Gasteiger charge is 2.04. The zero-order valence-corrected chi connectivity index (χ0v) is 10.3. The van der Waals surface area contributed by atoms with E-state index in [0.717, 1.165) is 23.0 Å². The molecule has 0 N–H and O–H groups in total. The van der Waals surface area contributed by atoms with Crippen molar-refractivity contribution in [3.63, 3.8) is 0 Å². The predicted molar refractivity (Wildman–Crippen MR) is 62.0 cm³/mol. The number of carbonyl (C=O) groups excluding carboxylic acids is 1. The van der Waals surface area contributed by atoms with Crippen LogP contribution in [0.4, 0.5) is 0 Å². The Morgan fingerprint density at radius 2 is 2.36 bits per heavy atom. The predicted octanol–water partition coefficient (Wildman–Crippen LogP) is 3.01. The van der Waals surface area contributed by atoms with Crippen molar-refractivity contribution in [2.45, 2.75) is 19.3 Å². The Hall–Kier alpha value is -0.350. The van der Waals surface area contributed by atoms with E-state index >= 15 is 0 Å². The van der Waals surface area contributed by atoms with E-state index in [1.807, 2.05) is 17.5 Å². The molecule has 1 heterocycles. The zero-order valence-electron chi connectivity index (χ0n) is 7.87. The van der Waals surface area contributed by atoms with E-state index in [1.165, 1.54) is 0 Å². The topological polar surface area (TPSA) is 26.3 Å². The first-order valence-electron chi connectivity index (χ1n) is 4.57. The monoisotopic (exact) mass is 276 g/mol. The number of alkyl halides is 1. The van der Waals surface area contributed by atoms with Gasteiger partial charge >= 0.3 is 5.97 Å². The second kappa shape index (κ2) is 7.01. The highest BCUT2D eigenvalue weighted by molar-refractivity contribution is 9.09. The van der Waals surface area contributed by atoms with Gasteiger partial charge in [-0.1, -0.05) is 22.0 Å². The Kier molecular flexibility index (Phi) is 5.87. The summed E-state index contributed by atoms with van der Waals surface area (Å²) >= 11 is 4.91. The first-order valence-corrected chi connectivity index (χ1v) is 6.57. The molecular weight excluding hydrogens is 264 g/mol. The maximum Gasteiger partial charge on any atom is 0.311 e. The summed E-state index contributed by atoms with van der Waals surface area (Å²) in [6.07, 6.45) is 2.39. The summed E-state index contributed by atoms with van der Waals surface area (Å²) in [5.74, 6) is -0.123. The lowest BCUT2D eigenvalue weighted by Gasteiger charge is -2.02. The van der Waals surface area contributed by atoms with E-state index < -0.39 is 0 Å². The van der Waals surface area contributed by atoms with Crippen LogP contribution in [-0.2, 0) is 16.0 Å². The summed E-state index contributed by atoms with van der Waals surface area (Å²) in [4.78, 5) is 12.3. The molecule has 1 rings (SSSR count). The zero-order chi connectivity index (χ0) is 10.2. The summed E-state index contributed by atoms with van der Waals surface area (Å²) in [6, 6.07) is 3.89. The Balaban J connectivity index is 2.11. The van der Waals surface area contributed by atoms with Gasteiger partial charge in [0, 0.05) is 10.2 Å². The number of rotatable bonds is 6. The van der Waals surface area contributed by atoms with Gasteiger partial charge in [0.1, 0.15) is 0 Å². The molecule has 1 aromatic rings. The van der Waals surface area contributed by atoms with Gasteiger partial charge in [-0.25, -0.2) is 0 Å². The molecule has 0 saturated heterocycles. The first kappa shape index (κ1) is 11.7. The van der Waals surface area contributed by atoms with Gasteiger partial charge in [0.25, 0.3) is 0 Å². The Morgan fingerprint density at radius 1 is 1.50 bits per heavy atom. The first-order chi connectivity index (χ1) is 6.83. The normalized spacial score (nSPS) is 10.1. The van der Waals surface area contributed by atoms with Crippen LogP contribution in [0.25, 0.3) is 0 Å². The minimum absolute atomic E-state index is 0.123. The number of thiophene rings is 1. The largest absolute Gasteiger partial charge is 0.465 e. The molecule has 0 radical (unpaired) electrons. The number of unbranched alkanes of at least 4 members (excludes halogenated alkanes) is 1. The van der Waals surface area contributed by atoms with Crippen molar-refractivity contribution < 1.29 is 9.53 Å². The molecule has 0 bridgehead atoms. The van der Waals surface area contributed by atoms with Crippen LogP contribution in [0.5, 0.6) is 0 Å². The van der Waals surface area contributed by atoms with Gasteiger partial charge in [-0.3, -0.25) is 4.79 Å². The van der Waals surface area contributed by atoms with Gasteiger partial charge in [0.2, 0.25) is 0 Å². The minimum atomic E-state index is -0.123. The van der Waals surface area contributed by atoms with Gasteiger partial charge in [-0.15, -0.1) is 11.3 Å². The van der Waals surface area contributed by atoms with Gasteiger partial charge in [0.15, 0.2) is 0 Å². The minimum Gasteiger partial charge on any atom is -0.465 e. The molecule has 0 fully saturated rings. The summed E-state index contributed by atoms with van der Waals surface area (Å²) in [5.41, 5.74) is 0. The average Bonchev–Trinajstić information content (AvgIpc) is 2.65. The van der Waals surface area contributed by atoms with Crippen LogP contribution in [0.2, 0.25) is 0 Å². The molecule has 14 heavy (non-hydrogen) atoms. The molecule has 0 unspecified atom stereocenters. The smallest absolute Gasteiger partial charge is 0.311 e. The van der Waals surface area contributed by atoms with E-state index in [1.54, 1.807) is 11.3 Å². The van der Waals surface area contributed by atoms with Crippen molar-refractivity contribution >= 4 is 33.2 Å². The van der Waals surface area contributed by atoms with Crippen LogP contribution in [0, 0.1) is 0 Å². The van der Waals surface area contributed by atoms with E-state index in [0.29, 0.717) is 13.0 Å². The van der Waals surface area contributed by atoms with Crippen molar-refractivity contribution in [3.8, 4) is 0 Å². The summed E-state index contributed by atoms with van der Waals surface area (Å²) in [7, 11) is 0. The fourth-order valence-electron chi connectivity index (χ4n) is 0.989. The standard InChI is InChI=1S/C10H13BrO2S/c11-5-1-2-6-13-10(12)8-9-4-3-7-14-9/h3-4,7H,1-2,5-6,8H2. The van der Waals surface area contributed by atoms with E-state index in [9.17, 15) is 4.79 Å². The maximum absolute atomic E-state index is 11.2. The third kappa shape index (κ3) is 4.77. The molecule has 0 saturated carbocycles. The molecule has 4 heteroatoms. The van der Waals surface area contributed by atoms with Crippen LogP contribution < -0.4 is 0 Å². The van der Waals surface area contributed by atoms with Crippen LogP contribution in [0.15, 0.2) is 17.5 Å². The SMILES string of the molecule is O=C(Cc1cccs1)OCCCCBr. The fraction of sp³-hybridized carbons (Fsp3) is 0.500. The van der Waals surface area contributed by atoms with E-state index in [-0.39, 0.29) is 5.97 Å². The second-order valence-electron chi connectivity index (χ2n) is 2.87. The highest BCUT2D eigenvalue weighted by atomic mass is 79.9. The number of hydrogen-bond donors (Lipinski definition) is 0. The Labute approximate surface area is 96.4 Å². The fourth-order valence-corrected chi connectivity index (χ4v) is 2.08. The van der Waals surface area contributed by atoms with E-state index in [2.05, 4.69) is 15.9 Å². The summed E-state index contributed by atoms with van der Waals surface area (Å²) < 4.78 is 5.06. The van der Waals surface area contributed by atoms with Gasteiger partial charge in [0.05, 0.1) is 13.0 Å². The molecule has 0 spiro atoms. The Bertz CT molecular complexity index is 259. The molecule has 2 nitrogen and oxygen atoms in total. The number of carbonyl (C=O) groups is 1. The van der Waals surface area contributed by atoms with Gasteiger partial charge < -0.3 is 4.74 Å². The van der Waals surface area contributed by atoms with Crippen LogP contribution >= 0.6 is 27.3 Å². The Morgan fingerprint density at radius 3 is 3.00 bits per heavy atom. The molecule has 0 atom stereocenters. The molecule has 0 aromatic carbocycles. The van der Waals surface area contributed by atoms with Crippen LogP contribution in [0.1, 0.15) is 17.7 Å². The molecule has 1 aromatic heterocycles. The van der Waals surface area contributed by atoms with Crippen LogP contribution in [0.3, 0.4) is 0 Å². The number of ether oxygens (including phenoxy) is 1. The second-order valence-corrected chi connectivity index (χ2v) is 4.70. The lowest BCUT2D eigenvalue weighted by Crippen LogP contribution is -2.08. The number of esters is 1. The molecule has 0 aliphatic carbocycles. The van der Waals surface area contributed by atoms with Gasteiger partial charge in [-0.2, -0.15) is 0 Å². The average molecular weight is 277 g/mol. The molecule has 0 aliphatic rings. The van der Waals surface area contributed by atoms with Gasteiger partial charge in [-0.05, 0) is 24.3 Å². The molecule has 0 aliphatic heterocycles. The molecule has 0 amide bonds. The lowest BCUT2D eigenvalue weighted by atomic mass is 10.3. The molecule has 78 valence electrons. The third-order valence-corrected chi connectivity index (χ3v) is 3.13. The number of halogens is 1. The van der Waals surface area contributed by atoms with Crippen molar-refractivity contribution in [3.05, 3.63) is 22.4 Å². The van der Waals surface area contributed by atoms with E-state index in [4.69, 9.17) is 4.74 Å². The van der Waals surface area contributed by atoms with Crippen LogP contribution in [-0.4, -0.2) is 17.9 Å². The number of hydrogen-bond acceptors (Lipinski definition) is 3. The van der Waals surface area contributed by atoms with Crippen molar-refractivity contribution in [2.75, 3.05) is 11.9 Å². The van der Waals surface area contributed by atoms with Crippen molar-refractivity contribution in [1.29, 1.82) is 0 Å². The maximum atomic E-state index is 11.2. The highest BCUT2D eigenvalue weighted by Crippen LogP contribution is 2.09.